The van der Waals surface area contributed by atoms with Crippen LogP contribution >= 0.6 is 11.8 Å². The predicted molar refractivity (Wildman–Crippen MR) is 89.8 cm³/mol. The number of thioether (sulfide) groups is 1. The second kappa shape index (κ2) is 6.39. The summed E-state index contributed by atoms with van der Waals surface area (Å²) in [6.07, 6.45) is 0. The molecule has 0 aliphatic carbocycles. The van der Waals surface area contributed by atoms with E-state index in [1.807, 2.05) is 0 Å². The number of amides is 1. The van der Waals surface area contributed by atoms with Gasteiger partial charge in [-0.05, 0) is 38.5 Å². The van der Waals surface area contributed by atoms with Crippen molar-refractivity contribution in [1.82, 2.24) is 4.90 Å². The van der Waals surface area contributed by atoms with Crippen LogP contribution in [0.3, 0.4) is 0 Å². The van der Waals surface area contributed by atoms with Crippen LogP contribution in [0.1, 0.15) is 32.4 Å². The van der Waals surface area contributed by atoms with Crippen LogP contribution in [-0.4, -0.2) is 33.8 Å². The number of carbonyl (C=O) groups excluding carboxylic acids is 2. The second-order valence-electron chi connectivity index (χ2n) is 5.54. The van der Waals surface area contributed by atoms with Crippen molar-refractivity contribution in [3.63, 3.8) is 0 Å². The quantitative estimate of drug-likeness (QED) is 0.788. The summed E-state index contributed by atoms with van der Waals surface area (Å²) in [6, 6.07) is 5.14. The third kappa shape index (κ3) is 2.73. The van der Waals surface area contributed by atoms with E-state index in [4.69, 9.17) is 4.74 Å². The Morgan fingerprint density at radius 3 is 2.67 bits per heavy atom. The molecular formula is C17H17FN2O3S. The Labute approximate surface area is 143 Å². The first-order chi connectivity index (χ1) is 11.4. The lowest BCUT2D eigenvalue weighted by molar-refractivity contribution is -0.139. The molecule has 2 heterocycles. The average molecular weight is 348 g/mol. The minimum absolute atomic E-state index is 0.123. The molecule has 1 aromatic rings. The van der Waals surface area contributed by atoms with Crippen LogP contribution in [0.5, 0.6) is 0 Å². The maximum absolute atomic E-state index is 13.3. The van der Waals surface area contributed by atoms with E-state index in [0.717, 1.165) is 0 Å². The number of esters is 1. The van der Waals surface area contributed by atoms with Gasteiger partial charge in [-0.1, -0.05) is 23.9 Å². The van der Waals surface area contributed by atoms with Crippen LogP contribution in [0, 0.1) is 5.82 Å². The number of allylic oxidation sites excluding steroid dienone is 1. The zero-order valence-electron chi connectivity index (χ0n) is 13.6. The van der Waals surface area contributed by atoms with Gasteiger partial charge in [0, 0.05) is 0 Å². The van der Waals surface area contributed by atoms with Gasteiger partial charge in [-0.25, -0.2) is 14.2 Å². The van der Waals surface area contributed by atoms with Crippen LogP contribution in [-0.2, 0) is 14.3 Å². The fraction of sp³-hybridized carbons (Fsp3) is 0.353. The summed E-state index contributed by atoms with van der Waals surface area (Å²) in [5.74, 6) is -1.01. The van der Waals surface area contributed by atoms with E-state index < -0.39 is 12.0 Å². The molecule has 1 saturated heterocycles. The fourth-order valence-corrected chi connectivity index (χ4v) is 3.86. The Morgan fingerprint density at radius 1 is 1.38 bits per heavy atom. The third-order valence-electron chi connectivity index (χ3n) is 3.94. The van der Waals surface area contributed by atoms with Gasteiger partial charge in [0.1, 0.15) is 5.82 Å². The first-order valence-corrected chi connectivity index (χ1v) is 8.53. The van der Waals surface area contributed by atoms with Crippen molar-refractivity contribution in [3.8, 4) is 0 Å². The SMILES string of the molecule is CCOC(=O)C1=C(C)N=C2S[C@@H](C)C(=O)N2[C@@H]1c1ccc(F)cc1. The lowest BCUT2D eigenvalue weighted by Crippen LogP contribution is -2.40. The largest absolute Gasteiger partial charge is 0.463 e. The standard InChI is InChI=1S/C17H17FN2O3S/c1-4-23-16(22)13-9(2)19-17-20(15(21)10(3)24-17)14(13)11-5-7-12(18)8-6-11/h5-8,10,14H,4H2,1-3H3/t10-,14+/m0/s1. The molecule has 2 aliphatic rings. The van der Waals surface area contributed by atoms with Gasteiger partial charge in [-0.3, -0.25) is 9.69 Å². The van der Waals surface area contributed by atoms with E-state index in [2.05, 4.69) is 4.99 Å². The molecule has 0 aromatic heterocycles. The van der Waals surface area contributed by atoms with Gasteiger partial charge in [0.15, 0.2) is 5.17 Å². The molecule has 0 spiro atoms. The number of rotatable bonds is 3. The maximum atomic E-state index is 13.3. The number of ether oxygens (including phenoxy) is 1. The molecule has 5 nitrogen and oxygen atoms in total. The van der Waals surface area contributed by atoms with Gasteiger partial charge >= 0.3 is 5.97 Å². The minimum atomic E-state index is -0.651. The first kappa shape index (κ1) is 16.7. The number of benzene rings is 1. The maximum Gasteiger partial charge on any atom is 0.338 e. The van der Waals surface area contributed by atoms with Crippen molar-refractivity contribution in [2.24, 2.45) is 4.99 Å². The molecular weight excluding hydrogens is 331 g/mol. The molecule has 126 valence electrons. The van der Waals surface area contributed by atoms with E-state index in [1.165, 1.54) is 28.8 Å². The highest BCUT2D eigenvalue weighted by Gasteiger charge is 2.46. The van der Waals surface area contributed by atoms with Gasteiger partial charge in [0.2, 0.25) is 5.91 Å². The van der Waals surface area contributed by atoms with Gasteiger partial charge in [0.25, 0.3) is 0 Å². The summed E-state index contributed by atoms with van der Waals surface area (Å²) in [4.78, 5) is 31.0. The van der Waals surface area contributed by atoms with E-state index in [9.17, 15) is 14.0 Å². The van der Waals surface area contributed by atoms with E-state index >= 15 is 0 Å². The number of hydrogen-bond acceptors (Lipinski definition) is 5. The molecule has 3 rings (SSSR count). The molecule has 2 atom stereocenters. The number of aliphatic imine (C=N–C) groups is 1. The van der Waals surface area contributed by atoms with E-state index in [-0.39, 0.29) is 23.6 Å². The molecule has 1 fully saturated rings. The number of carbonyl (C=O) groups is 2. The molecule has 24 heavy (non-hydrogen) atoms. The van der Waals surface area contributed by atoms with Crippen molar-refractivity contribution in [2.45, 2.75) is 32.1 Å². The highest BCUT2D eigenvalue weighted by Crippen LogP contribution is 2.43. The molecule has 0 bridgehead atoms. The highest BCUT2D eigenvalue weighted by molar-refractivity contribution is 8.15. The van der Waals surface area contributed by atoms with Gasteiger partial charge in [-0.15, -0.1) is 0 Å². The number of halogens is 1. The van der Waals surface area contributed by atoms with Crippen LogP contribution in [0.4, 0.5) is 4.39 Å². The molecule has 0 radical (unpaired) electrons. The smallest absolute Gasteiger partial charge is 0.338 e. The predicted octanol–water partition coefficient (Wildman–Crippen LogP) is 3.04. The van der Waals surface area contributed by atoms with E-state index in [0.29, 0.717) is 22.0 Å². The van der Waals surface area contributed by atoms with Crippen LogP contribution in [0.2, 0.25) is 0 Å². The van der Waals surface area contributed by atoms with Crippen molar-refractivity contribution >= 4 is 28.8 Å². The van der Waals surface area contributed by atoms with Gasteiger partial charge < -0.3 is 4.74 Å². The van der Waals surface area contributed by atoms with Crippen molar-refractivity contribution < 1.29 is 18.7 Å². The van der Waals surface area contributed by atoms with Gasteiger partial charge in [0.05, 0.1) is 29.2 Å². The average Bonchev–Trinajstić information content (AvgIpc) is 2.81. The number of fused-ring (bicyclic) bond motifs is 1. The molecule has 0 N–H and O–H groups in total. The lowest BCUT2D eigenvalue weighted by Gasteiger charge is -2.33. The van der Waals surface area contributed by atoms with Crippen molar-refractivity contribution in [1.29, 1.82) is 0 Å². The first-order valence-electron chi connectivity index (χ1n) is 7.65. The summed E-state index contributed by atoms with van der Waals surface area (Å²) >= 11 is 1.36. The normalized spacial score (nSPS) is 23.2. The number of nitrogens with zero attached hydrogens (tertiary/aromatic N) is 2. The second-order valence-corrected chi connectivity index (χ2v) is 6.84. The molecule has 0 unspecified atom stereocenters. The van der Waals surface area contributed by atoms with Crippen LogP contribution < -0.4 is 0 Å². The minimum Gasteiger partial charge on any atom is -0.463 e. The van der Waals surface area contributed by atoms with Crippen LogP contribution in [0.25, 0.3) is 0 Å². The molecule has 7 heteroatoms. The Balaban J connectivity index is 2.14. The lowest BCUT2D eigenvalue weighted by atomic mass is 9.94. The Kier molecular flexibility index (Phi) is 4.45. The summed E-state index contributed by atoms with van der Waals surface area (Å²) in [7, 11) is 0. The van der Waals surface area contributed by atoms with Crippen molar-refractivity contribution in [3.05, 3.63) is 46.9 Å². The van der Waals surface area contributed by atoms with Crippen LogP contribution in [0.15, 0.2) is 40.5 Å². The summed E-state index contributed by atoms with van der Waals surface area (Å²) in [5, 5.41) is 0.286. The summed E-state index contributed by atoms with van der Waals surface area (Å²) in [6.45, 7) is 5.47. The Hall–Kier alpha value is -2.15. The zero-order valence-corrected chi connectivity index (χ0v) is 14.4. The Bertz CT molecular complexity index is 758. The molecule has 1 amide bonds. The Morgan fingerprint density at radius 2 is 2.04 bits per heavy atom. The third-order valence-corrected chi connectivity index (χ3v) is 4.99. The molecule has 2 aliphatic heterocycles. The fourth-order valence-electron chi connectivity index (χ4n) is 2.83. The summed E-state index contributed by atoms with van der Waals surface area (Å²) in [5.41, 5.74) is 1.48. The summed E-state index contributed by atoms with van der Waals surface area (Å²) < 4.78 is 18.5. The number of hydrogen-bond donors (Lipinski definition) is 0. The zero-order chi connectivity index (χ0) is 17.4. The van der Waals surface area contributed by atoms with Crippen molar-refractivity contribution in [2.75, 3.05) is 6.61 Å². The molecule has 1 aromatic carbocycles. The number of amidine groups is 1. The monoisotopic (exact) mass is 348 g/mol. The topological polar surface area (TPSA) is 59.0 Å². The van der Waals surface area contributed by atoms with Gasteiger partial charge in [-0.2, -0.15) is 0 Å². The van der Waals surface area contributed by atoms with E-state index in [1.54, 1.807) is 32.9 Å². The molecule has 0 saturated carbocycles. The highest BCUT2D eigenvalue weighted by atomic mass is 32.2.